The molecule has 1 aliphatic heterocycles. The minimum absolute atomic E-state index is 0.118. The monoisotopic (exact) mass is 252 g/mol. The molecule has 0 aromatic carbocycles. The molecule has 0 radical (unpaired) electrons. The van der Waals surface area contributed by atoms with Crippen molar-refractivity contribution in [3.8, 4) is 0 Å². The van der Waals surface area contributed by atoms with Crippen molar-refractivity contribution in [3.63, 3.8) is 0 Å². The van der Waals surface area contributed by atoms with E-state index < -0.39 is 0 Å². The summed E-state index contributed by atoms with van der Waals surface area (Å²) in [5.41, 5.74) is 0. The van der Waals surface area contributed by atoms with Crippen molar-refractivity contribution in [2.75, 3.05) is 13.1 Å². The van der Waals surface area contributed by atoms with Crippen LogP contribution in [-0.4, -0.2) is 51.0 Å². The summed E-state index contributed by atoms with van der Waals surface area (Å²) in [7, 11) is 0. The Labute approximate surface area is 107 Å². The molecular formula is C12H20N4O2. The van der Waals surface area contributed by atoms with Crippen molar-refractivity contribution in [1.29, 1.82) is 0 Å². The maximum Gasteiger partial charge on any atom is 0.346 e. The predicted octanol–water partition coefficient (Wildman–Crippen LogP) is 1.44. The van der Waals surface area contributed by atoms with Crippen LogP contribution in [0.2, 0.25) is 0 Å². The van der Waals surface area contributed by atoms with Crippen molar-refractivity contribution in [2.24, 2.45) is 0 Å². The SMILES string of the molecule is Cc1ncn(C(=O)N2CCCC(OC(C)C)C2)n1. The summed E-state index contributed by atoms with van der Waals surface area (Å²) in [6, 6.07) is -0.118. The summed E-state index contributed by atoms with van der Waals surface area (Å²) in [6.07, 6.45) is 3.77. The molecule has 18 heavy (non-hydrogen) atoms. The van der Waals surface area contributed by atoms with E-state index in [4.69, 9.17) is 4.74 Å². The zero-order valence-corrected chi connectivity index (χ0v) is 11.2. The third kappa shape index (κ3) is 3.07. The van der Waals surface area contributed by atoms with Gasteiger partial charge in [0.1, 0.15) is 12.2 Å². The normalized spacial score (nSPS) is 20.4. The lowest BCUT2D eigenvalue weighted by Gasteiger charge is -2.33. The molecule has 1 aromatic rings. The van der Waals surface area contributed by atoms with Gasteiger partial charge in [0.05, 0.1) is 12.2 Å². The molecule has 2 rings (SSSR count). The zero-order chi connectivity index (χ0) is 13.1. The van der Waals surface area contributed by atoms with Gasteiger partial charge >= 0.3 is 6.03 Å². The molecular weight excluding hydrogens is 232 g/mol. The Hall–Kier alpha value is -1.43. The summed E-state index contributed by atoms with van der Waals surface area (Å²) >= 11 is 0. The summed E-state index contributed by atoms with van der Waals surface area (Å²) in [5.74, 6) is 0.607. The molecule has 1 amide bonds. The molecule has 2 heterocycles. The highest BCUT2D eigenvalue weighted by atomic mass is 16.5. The molecule has 0 spiro atoms. The van der Waals surface area contributed by atoms with E-state index >= 15 is 0 Å². The minimum atomic E-state index is -0.118. The van der Waals surface area contributed by atoms with Gasteiger partial charge in [-0.3, -0.25) is 0 Å². The second-order valence-electron chi connectivity index (χ2n) is 4.91. The zero-order valence-electron chi connectivity index (χ0n) is 11.2. The number of aryl methyl sites for hydroxylation is 1. The van der Waals surface area contributed by atoms with E-state index in [1.807, 2.05) is 13.8 Å². The van der Waals surface area contributed by atoms with Crippen LogP contribution in [0.1, 0.15) is 32.5 Å². The molecule has 0 aliphatic carbocycles. The number of hydrogen-bond donors (Lipinski definition) is 0. The maximum absolute atomic E-state index is 12.2. The molecule has 100 valence electrons. The number of carbonyl (C=O) groups excluding carboxylic acids is 1. The van der Waals surface area contributed by atoms with Crippen LogP contribution in [0.5, 0.6) is 0 Å². The number of piperidine rings is 1. The molecule has 6 nitrogen and oxygen atoms in total. The number of likely N-dealkylation sites (tertiary alicyclic amines) is 1. The predicted molar refractivity (Wildman–Crippen MR) is 66.4 cm³/mol. The van der Waals surface area contributed by atoms with E-state index in [0.717, 1.165) is 19.4 Å². The van der Waals surface area contributed by atoms with E-state index in [9.17, 15) is 4.79 Å². The number of rotatable bonds is 2. The highest BCUT2D eigenvalue weighted by Crippen LogP contribution is 2.15. The molecule has 6 heteroatoms. The van der Waals surface area contributed by atoms with Gasteiger partial charge < -0.3 is 9.64 Å². The van der Waals surface area contributed by atoms with Crippen LogP contribution in [0.3, 0.4) is 0 Å². The lowest BCUT2D eigenvalue weighted by Crippen LogP contribution is -2.45. The van der Waals surface area contributed by atoms with Gasteiger partial charge in [0.2, 0.25) is 0 Å². The Morgan fingerprint density at radius 3 is 2.94 bits per heavy atom. The van der Waals surface area contributed by atoms with Crippen molar-refractivity contribution in [2.45, 2.75) is 45.8 Å². The molecule has 0 N–H and O–H groups in total. The Bertz CT molecular complexity index is 416. The van der Waals surface area contributed by atoms with E-state index in [2.05, 4.69) is 10.1 Å². The fourth-order valence-corrected chi connectivity index (χ4v) is 2.19. The summed E-state index contributed by atoms with van der Waals surface area (Å²) in [6.45, 7) is 7.19. The van der Waals surface area contributed by atoms with Gasteiger partial charge in [0.25, 0.3) is 0 Å². The minimum Gasteiger partial charge on any atom is -0.374 e. The third-order valence-electron chi connectivity index (χ3n) is 2.92. The van der Waals surface area contributed by atoms with E-state index in [1.165, 1.54) is 11.0 Å². The molecule has 0 bridgehead atoms. The molecule has 1 fully saturated rings. The van der Waals surface area contributed by atoms with E-state index in [1.54, 1.807) is 11.8 Å². The van der Waals surface area contributed by atoms with Gasteiger partial charge in [-0.1, -0.05) is 0 Å². The third-order valence-corrected chi connectivity index (χ3v) is 2.92. The number of ether oxygens (including phenoxy) is 1. The van der Waals surface area contributed by atoms with Gasteiger partial charge in [0.15, 0.2) is 0 Å². The van der Waals surface area contributed by atoms with Gasteiger partial charge in [-0.05, 0) is 33.6 Å². The van der Waals surface area contributed by atoms with Crippen LogP contribution in [0.15, 0.2) is 6.33 Å². The first kappa shape index (κ1) is 13.0. The van der Waals surface area contributed by atoms with Crippen molar-refractivity contribution in [1.82, 2.24) is 19.7 Å². The van der Waals surface area contributed by atoms with Crippen LogP contribution in [0.4, 0.5) is 4.79 Å². The van der Waals surface area contributed by atoms with Crippen molar-refractivity contribution < 1.29 is 9.53 Å². The highest BCUT2D eigenvalue weighted by molar-refractivity contribution is 5.75. The first-order valence-corrected chi connectivity index (χ1v) is 6.39. The average Bonchev–Trinajstić information content (AvgIpc) is 2.74. The topological polar surface area (TPSA) is 60.2 Å². The Balaban J connectivity index is 1.98. The van der Waals surface area contributed by atoms with Gasteiger partial charge in [-0.25, -0.2) is 9.78 Å². The van der Waals surface area contributed by atoms with Crippen LogP contribution in [0.25, 0.3) is 0 Å². The quantitative estimate of drug-likeness (QED) is 0.799. The first-order valence-electron chi connectivity index (χ1n) is 6.39. The smallest absolute Gasteiger partial charge is 0.346 e. The number of aromatic nitrogens is 3. The second kappa shape index (κ2) is 5.48. The van der Waals surface area contributed by atoms with Crippen LogP contribution >= 0.6 is 0 Å². The molecule has 1 aromatic heterocycles. The Kier molecular flexibility index (Phi) is 3.96. The molecule has 1 unspecified atom stereocenters. The average molecular weight is 252 g/mol. The standard InChI is InChI=1S/C12H20N4O2/c1-9(2)18-11-5-4-6-15(7-11)12(17)16-8-13-10(3)14-16/h8-9,11H,4-7H2,1-3H3. The lowest BCUT2D eigenvalue weighted by molar-refractivity contribution is -0.0250. The lowest BCUT2D eigenvalue weighted by atomic mass is 10.1. The molecule has 1 atom stereocenters. The largest absolute Gasteiger partial charge is 0.374 e. The van der Waals surface area contributed by atoms with Crippen molar-refractivity contribution >= 4 is 6.03 Å². The highest BCUT2D eigenvalue weighted by Gasteiger charge is 2.26. The molecule has 1 aliphatic rings. The number of nitrogens with zero attached hydrogens (tertiary/aromatic N) is 4. The summed E-state index contributed by atoms with van der Waals surface area (Å²) in [5, 5.41) is 4.05. The summed E-state index contributed by atoms with van der Waals surface area (Å²) in [4.78, 5) is 17.9. The fourth-order valence-electron chi connectivity index (χ4n) is 2.19. The summed E-state index contributed by atoms with van der Waals surface area (Å²) < 4.78 is 7.07. The van der Waals surface area contributed by atoms with Crippen LogP contribution < -0.4 is 0 Å². The van der Waals surface area contributed by atoms with Gasteiger partial charge in [0, 0.05) is 13.1 Å². The maximum atomic E-state index is 12.2. The number of amides is 1. The molecule has 0 saturated carbocycles. The van der Waals surface area contributed by atoms with Gasteiger partial charge in [-0.15, -0.1) is 5.10 Å². The fraction of sp³-hybridized carbons (Fsp3) is 0.750. The molecule has 1 saturated heterocycles. The first-order chi connectivity index (χ1) is 8.56. The van der Waals surface area contributed by atoms with Crippen molar-refractivity contribution in [3.05, 3.63) is 12.2 Å². The van der Waals surface area contributed by atoms with Crippen LogP contribution in [0, 0.1) is 6.92 Å². The van der Waals surface area contributed by atoms with Gasteiger partial charge in [-0.2, -0.15) is 4.68 Å². The number of hydrogen-bond acceptors (Lipinski definition) is 4. The van der Waals surface area contributed by atoms with E-state index in [0.29, 0.717) is 12.4 Å². The Morgan fingerprint density at radius 1 is 1.56 bits per heavy atom. The second-order valence-corrected chi connectivity index (χ2v) is 4.91. The van der Waals surface area contributed by atoms with Crippen LogP contribution in [-0.2, 0) is 4.74 Å². The van der Waals surface area contributed by atoms with E-state index in [-0.39, 0.29) is 18.2 Å². The number of carbonyl (C=O) groups is 1. The Morgan fingerprint density at radius 2 is 2.33 bits per heavy atom.